The van der Waals surface area contributed by atoms with Gasteiger partial charge in [-0.25, -0.2) is 13.2 Å². The topological polar surface area (TPSA) is 26.0 Å². The summed E-state index contributed by atoms with van der Waals surface area (Å²) >= 11 is 3.05. The first-order valence-corrected chi connectivity index (χ1v) is 6.41. The van der Waals surface area contributed by atoms with Gasteiger partial charge in [-0.3, -0.25) is 0 Å². The highest BCUT2D eigenvalue weighted by molar-refractivity contribution is 9.10. The number of nitrogens with two attached hydrogens (primary N) is 1. The highest BCUT2D eigenvalue weighted by Gasteiger charge is 2.15. The molecule has 0 bridgehead atoms. The molecule has 19 heavy (non-hydrogen) atoms. The molecule has 0 heterocycles. The van der Waals surface area contributed by atoms with Crippen LogP contribution in [0.25, 0.3) is 0 Å². The molecule has 0 aromatic heterocycles. The van der Waals surface area contributed by atoms with Crippen LogP contribution in [0, 0.1) is 17.5 Å². The summed E-state index contributed by atoms with van der Waals surface area (Å²) in [7, 11) is 0. The molecule has 2 rings (SSSR count). The molecule has 0 saturated heterocycles. The zero-order valence-corrected chi connectivity index (χ0v) is 11.4. The van der Waals surface area contributed by atoms with Crippen LogP contribution in [0.5, 0.6) is 0 Å². The molecule has 2 N–H and O–H groups in total. The van der Waals surface area contributed by atoms with Crippen LogP contribution in [-0.2, 0) is 6.42 Å². The summed E-state index contributed by atoms with van der Waals surface area (Å²) in [5.74, 6) is -1.67. The van der Waals surface area contributed by atoms with Gasteiger partial charge in [-0.2, -0.15) is 0 Å². The van der Waals surface area contributed by atoms with Crippen molar-refractivity contribution in [2.45, 2.75) is 12.5 Å². The SMILES string of the molecule is NC(Cc1c(F)cccc1F)c1ccc(F)c(Br)c1. The normalized spacial score (nSPS) is 12.5. The van der Waals surface area contributed by atoms with E-state index in [-0.39, 0.29) is 16.5 Å². The van der Waals surface area contributed by atoms with Gasteiger partial charge in [0.1, 0.15) is 17.5 Å². The van der Waals surface area contributed by atoms with E-state index in [0.29, 0.717) is 5.56 Å². The Balaban J connectivity index is 2.25. The molecule has 1 nitrogen and oxygen atoms in total. The predicted octanol–water partition coefficient (Wildman–Crippen LogP) is 4.11. The Morgan fingerprint density at radius 3 is 2.21 bits per heavy atom. The summed E-state index contributed by atoms with van der Waals surface area (Å²) < 4.78 is 40.4. The maximum absolute atomic E-state index is 13.5. The average molecular weight is 330 g/mol. The Kier molecular flexibility index (Phi) is 4.27. The van der Waals surface area contributed by atoms with E-state index in [1.54, 1.807) is 0 Å². The third kappa shape index (κ3) is 3.16. The first-order valence-electron chi connectivity index (χ1n) is 5.62. The van der Waals surface area contributed by atoms with Crippen LogP contribution in [0.3, 0.4) is 0 Å². The number of rotatable bonds is 3. The summed E-state index contributed by atoms with van der Waals surface area (Å²) in [4.78, 5) is 0. The lowest BCUT2D eigenvalue weighted by Crippen LogP contribution is -2.15. The van der Waals surface area contributed by atoms with E-state index in [1.807, 2.05) is 0 Å². The molecule has 100 valence electrons. The van der Waals surface area contributed by atoms with Crippen molar-refractivity contribution in [2.24, 2.45) is 5.73 Å². The molecule has 0 fully saturated rings. The van der Waals surface area contributed by atoms with Crippen LogP contribution in [0.15, 0.2) is 40.9 Å². The third-order valence-corrected chi connectivity index (χ3v) is 3.47. The van der Waals surface area contributed by atoms with Crippen LogP contribution in [0.4, 0.5) is 13.2 Å². The maximum atomic E-state index is 13.5. The summed E-state index contributed by atoms with van der Waals surface area (Å²) in [5, 5.41) is 0. The summed E-state index contributed by atoms with van der Waals surface area (Å²) in [6.07, 6.45) is 0.0105. The molecule has 0 aliphatic rings. The number of hydrogen-bond donors (Lipinski definition) is 1. The van der Waals surface area contributed by atoms with Gasteiger partial charge < -0.3 is 5.73 Å². The van der Waals surface area contributed by atoms with Crippen molar-refractivity contribution in [3.63, 3.8) is 0 Å². The predicted molar refractivity (Wildman–Crippen MR) is 71.1 cm³/mol. The largest absolute Gasteiger partial charge is 0.324 e. The minimum absolute atomic E-state index is 0.0105. The second-order valence-corrected chi connectivity index (χ2v) is 5.04. The lowest BCUT2D eigenvalue weighted by atomic mass is 9.99. The van der Waals surface area contributed by atoms with E-state index in [2.05, 4.69) is 15.9 Å². The molecular weight excluding hydrogens is 319 g/mol. The molecule has 2 aromatic carbocycles. The summed E-state index contributed by atoms with van der Waals surface area (Å²) in [6.45, 7) is 0. The van der Waals surface area contributed by atoms with Gasteiger partial charge in [-0.05, 0) is 52.2 Å². The Labute approximate surface area is 117 Å². The van der Waals surface area contributed by atoms with Gasteiger partial charge in [-0.1, -0.05) is 12.1 Å². The molecule has 0 radical (unpaired) electrons. The highest BCUT2D eigenvalue weighted by atomic mass is 79.9. The molecule has 1 atom stereocenters. The van der Waals surface area contributed by atoms with Crippen molar-refractivity contribution in [3.8, 4) is 0 Å². The lowest BCUT2D eigenvalue weighted by Gasteiger charge is -2.14. The summed E-state index contributed by atoms with van der Waals surface area (Å²) in [6, 6.07) is 7.34. The molecule has 2 aromatic rings. The zero-order valence-electron chi connectivity index (χ0n) is 9.84. The monoisotopic (exact) mass is 329 g/mol. The van der Waals surface area contributed by atoms with E-state index in [1.165, 1.54) is 36.4 Å². The molecule has 1 unspecified atom stereocenters. The van der Waals surface area contributed by atoms with Gasteiger partial charge in [-0.15, -0.1) is 0 Å². The molecule has 5 heteroatoms. The fraction of sp³-hybridized carbons (Fsp3) is 0.143. The van der Waals surface area contributed by atoms with Crippen LogP contribution < -0.4 is 5.73 Å². The quantitative estimate of drug-likeness (QED) is 0.901. The van der Waals surface area contributed by atoms with E-state index in [0.717, 1.165) is 0 Å². The van der Waals surface area contributed by atoms with Gasteiger partial charge >= 0.3 is 0 Å². The van der Waals surface area contributed by atoms with E-state index in [9.17, 15) is 13.2 Å². The molecule has 0 aliphatic carbocycles. The van der Waals surface area contributed by atoms with E-state index < -0.39 is 23.5 Å². The molecule has 0 aliphatic heterocycles. The van der Waals surface area contributed by atoms with Crippen molar-refractivity contribution in [3.05, 3.63) is 69.4 Å². The smallest absolute Gasteiger partial charge is 0.137 e. The van der Waals surface area contributed by atoms with Crippen LogP contribution in [0.1, 0.15) is 17.2 Å². The van der Waals surface area contributed by atoms with Crippen LogP contribution in [0.2, 0.25) is 0 Å². The number of benzene rings is 2. The lowest BCUT2D eigenvalue weighted by molar-refractivity contribution is 0.539. The first kappa shape index (κ1) is 14.1. The van der Waals surface area contributed by atoms with Crippen molar-refractivity contribution < 1.29 is 13.2 Å². The van der Waals surface area contributed by atoms with E-state index in [4.69, 9.17) is 5.73 Å². The van der Waals surface area contributed by atoms with Gasteiger partial charge in [0.25, 0.3) is 0 Å². The van der Waals surface area contributed by atoms with Crippen LogP contribution in [-0.4, -0.2) is 0 Å². The number of hydrogen-bond acceptors (Lipinski definition) is 1. The van der Waals surface area contributed by atoms with E-state index >= 15 is 0 Å². The Hall–Kier alpha value is -1.33. The standard InChI is InChI=1S/C14H11BrF3N/c15-10-6-8(4-5-13(10)18)14(19)7-9-11(16)2-1-3-12(9)17/h1-6,14H,7,19H2. The average Bonchev–Trinajstić information content (AvgIpc) is 2.37. The second kappa shape index (κ2) is 5.75. The molecular formula is C14H11BrF3N. The van der Waals surface area contributed by atoms with Gasteiger partial charge in [0.15, 0.2) is 0 Å². The van der Waals surface area contributed by atoms with Crippen molar-refractivity contribution in [1.29, 1.82) is 0 Å². The van der Waals surface area contributed by atoms with Crippen LogP contribution >= 0.6 is 15.9 Å². The summed E-state index contributed by atoms with van der Waals surface area (Å²) in [5.41, 5.74) is 6.45. The molecule has 0 saturated carbocycles. The molecule has 0 amide bonds. The highest BCUT2D eigenvalue weighted by Crippen LogP contribution is 2.24. The minimum Gasteiger partial charge on any atom is -0.324 e. The van der Waals surface area contributed by atoms with Gasteiger partial charge in [0, 0.05) is 11.6 Å². The Bertz CT molecular complexity index is 581. The van der Waals surface area contributed by atoms with Gasteiger partial charge in [0.05, 0.1) is 4.47 Å². The van der Waals surface area contributed by atoms with Crippen molar-refractivity contribution in [2.75, 3.05) is 0 Å². The Morgan fingerprint density at radius 1 is 1.00 bits per heavy atom. The van der Waals surface area contributed by atoms with Gasteiger partial charge in [0.2, 0.25) is 0 Å². The molecule has 0 spiro atoms. The van der Waals surface area contributed by atoms with Crippen molar-refractivity contribution in [1.82, 2.24) is 0 Å². The number of halogens is 4. The third-order valence-electron chi connectivity index (χ3n) is 2.86. The Morgan fingerprint density at radius 2 is 1.63 bits per heavy atom. The zero-order chi connectivity index (χ0) is 14.0. The fourth-order valence-corrected chi connectivity index (χ4v) is 2.20. The first-order chi connectivity index (χ1) is 8.99. The minimum atomic E-state index is -0.628. The van der Waals surface area contributed by atoms with Crippen molar-refractivity contribution >= 4 is 15.9 Å². The maximum Gasteiger partial charge on any atom is 0.137 e. The fourth-order valence-electron chi connectivity index (χ4n) is 1.81. The second-order valence-electron chi connectivity index (χ2n) is 4.18.